The van der Waals surface area contributed by atoms with E-state index >= 15 is 0 Å². The molecule has 1 amide bonds. The Morgan fingerprint density at radius 3 is 2.21 bits per heavy atom. The van der Waals surface area contributed by atoms with Crippen LogP contribution in [-0.4, -0.2) is 16.0 Å². The summed E-state index contributed by atoms with van der Waals surface area (Å²) in [6, 6.07) is 17.9. The molecule has 0 fully saturated rings. The van der Waals surface area contributed by atoms with E-state index in [-0.39, 0.29) is 17.5 Å². The molecule has 1 heterocycles. The zero-order chi connectivity index (χ0) is 19.5. The maximum absolute atomic E-state index is 13.1. The van der Waals surface area contributed by atoms with E-state index in [9.17, 15) is 13.6 Å². The molecule has 28 heavy (non-hydrogen) atoms. The topological polar surface area (TPSA) is 68.0 Å². The van der Waals surface area contributed by atoms with Gasteiger partial charge in [-0.15, -0.1) is 0 Å². The Morgan fingerprint density at radius 1 is 0.857 bits per heavy atom. The number of hydrogen-bond acceptors (Lipinski definition) is 4. The van der Waals surface area contributed by atoms with Gasteiger partial charge in [0.25, 0.3) is 11.8 Å². The first-order valence-electron chi connectivity index (χ1n) is 8.36. The summed E-state index contributed by atoms with van der Waals surface area (Å²) >= 11 is 0. The number of carbonyl (C=O) groups is 1. The maximum atomic E-state index is 13.1. The van der Waals surface area contributed by atoms with Crippen molar-refractivity contribution in [3.8, 4) is 22.8 Å². The first-order chi connectivity index (χ1) is 13.6. The minimum absolute atomic E-state index is 0.157. The molecule has 5 nitrogen and oxygen atoms in total. The van der Waals surface area contributed by atoms with Crippen molar-refractivity contribution < 1.29 is 18.1 Å². The zero-order valence-corrected chi connectivity index (χ0v) is 14.4. The zero-order valence-electron chi connectivity index (χ0n) is 14.4. The van der Waals surface area contributed by atoms with Crippen molar-refractivity contribution in [2.24, 2.45) is 0 Å². The van der Waals surface area contributed by atoms with Crippen molar-refractivity contribution in [2.45, 2.75) is 0 Å². The molecule has 3 aromatic carbocycles. The Balaban J connectivity index is 1.63. The molecule has 1 N–H and O–H groups in total. The van der Waals surface area contributed by atoms with Crippen LogP contribution in [0.5, 0.6) is 0 Å². The van der Waals surface area contributed by atoms with Crippen molar-refractivity contribution in [1.29, 1.82) is 0 Å². The smallest absolute Gasteiger partial charge is 0.259 e. The van der Waals surface area contributed by atoms with Gasteiger partial charge in [0.15, 0.2) is 0 Å². The first-order valence-corrected chi connectivity index (χ1v) is 8.36. The third-order valence-electron chi connectivity index (χ3n) is 4.03. The van der Waals surface area contributed by atoms with Crippen LogP contribution in [0, 0.1) is 11.6 Å². The van der Waals surface area contributed by atoms with Gasteiger partial charge in [0.1, 0.15) is 11.6 Å². The Kier molecular flexibility index (Phi) is 4.63. The molecule has 0 aliphatic rings. The molecule has 0 atom stereocenters. The molecule has 0 aliphatic carbocycles. The van der Waals surface area contributed by atoms with Gasteiger partial charge in [-0.25, -0.2) is 8.78 Å². The number of benzene rings is 3. The van der Waals surface area contributed by atoms with Gasteiger partial charge in [0.2, 0.25) is 5.82 Å². The normalized spacial score (nSPS) is 10.6. The Bertz CT molecular complexity index is 1120. The molecule has 0 radical (unpaired) electrons. The highest BCUT2D eigenvalue weighted by Gasteiger charge is 2.18. The van der Waals surface area contributed by atoms with Crippen molar-refractivity contribution in [1.82, 2.24) is 10.1 Å². The van der Waals surface area contributed by atoms with Crippen molar-refractivity contribution in [3.63, 3.8) is 0 Å². The van der Waals surface area contributed by atoms with Crippen molar-refractivity contribution in [3.05, 3.63) is 90.0 Å². The summed E-state index contributed by atoms with van der Waals surface area (Å²) in [5.74, 6) is -0.718. The molecular formula is C21H13F2N3O2. The molecule has 0 aliphatic heterocycles. The highest BCUT2D eigenvalue weighted by Crippen LogP contribution is 2.26. The Morgan fingerprint density at radius 2 is 1.50 bits per heavy atom. The molecule has 0 bridgehead atoms. The number of carbonyl (C=O) groups excluding carboxylic acids is 1. The van der Waals surface area contributed by atoms with E-state index in [0.717, 1.165) is 0 Å². The van der Waals surface area contributed by atoms with Gasteiger partial charge < -0.3 is 9.84 Å². The van der Waals surface area contributed by atoms with Crippen molar-refractivity contribution >= 4 is 11.6 Å². The third kappa shape index (κ3) is 3.64. The standard InChI is InChI=1S/C21H13F2N3O2/c22-14-7-5-13(6-8-14)19-25-21(28-26-19)18-4-2-1-3-17(18)20(27)24-16-11-9-15(23)10-12-16/h1-12H,(H,24,27). The van der Waals surface area contributed by atoms with Gasteiger partial charge in [-0.1, -0.05) is 17.3 Å². The van der Waals surface area contributed by atoms with E-state index in [0.29, 0.717) is 22.4 Å². The molecule has 138 valence electrons. The summed E-state index contributed by atoms with van der Waals surface area (Å²) in [6.45, 7) is 0. The van der Waals surface area contributed by atoms with Crippen LogP contribution in [0.4, 0.5) is 14.5 Å². The molecule has 7 heteroatoms. The van der Waals surface area contributed by atoms with E-state index in [4.69, 9.17) is 4.52 Å². The summed E-state index contributed by atoms with van der Waals surface area (Å²) in [4.78, 5) is 17.0. The number of nitrogens with one attached hydrogen (secondary N) is 1. The maximum Gasteiger partial charge on any atom is 0.259 e. The molecule has 0 spiro atoms. The SMILES string of the molecule is O=C(Nc1ccc(F)cc1)c1ccccc1-c1nc(-c2ccc(F)cc2)no1. The fourth-order valence-corrected chi connectivity index (χ4v) is 2.65. The second kappa shape index (κ2) is 7.40. The van der Waals surface area contributed by atoms with E-state index in [2.05, 4.69) is 15.5 Å². The molecule has 0 unspecified atom stereocenters. The van der Waals surface area contributed by atoms with Gasteiger partial charge in [-0.3, -0.25) is 4.79 Å². The van der Waals surface area contributed by atoms with E-state index in [1.807, 2.05) is 0 Å². The summed E-state index contributed by atoms with van der Waals surface area (Å²) < 4.78 is 31.4. The lowest BCUT2D eigenvalue weighted by atomic mass is 10.1. The number of aromatic nitrogens is 2. The molecule has 4 rings (SSSR count). The van der Waals surface area contributed by atoms with Gasteiger partial charge >= 0.3 is 0 Å². The molecular weight excluding hydrogens is 364 g/mol. The fourth-order valence-electron chi connectivity index (χ4n) is 2.65. The number of nitrogens with zero attached hydrogens (tertiary/aromatic N) is 2. The van der Waals surface area contributed by atoms with Crippen LogP contribution in [-0.2, 0) is 0 Å². The highest BCUT2D eigenvalue weighted by molar-refractivity contribution is 6.08. The molecule has 0 saturated heterocycles. The van der Waals surface area contributed by atoms with Crippen LogP contribution in [0.3, 0.4) is 0 Å². The van der Waals surface area contributed by atoms with Crippen LogP contribution in [0.1, 0.15) is 10.4 Å². The van der Waals surface area contributed by atoms with Crippen LogP contribution in [0.2, 0.25) is 0 Å². The average molecular weight is 377 g/mol. The number of rotatable bonds is 4. The van der Waals surface area contributed by atoms with E-state index in [1.165, 1.54) is 48.5 Å². The minimum Gasteiger partial charge on any atom is -0.334 e. The van der Waals surface area contributed by atoms with E-state index < -0.39 is 11.7 Å². The summed E-state index contributed by atoms with van der Waals surface area (Å²) in [7, 11) is 0. The van der Waals surface area contributed by atoms with Gasteiger partial charge in [0, 0.05) is 11.3 Å². The molecule has 0 saturated carbocycles. The minimum atomic E-state index is -0.399. The number of anilines is 1. The van der Waals surface area contributed by atoms with Crippen LogP contribution in [0.15, 0.2) is 77.3 Å². The number of halogens is 2. The van der Waals surface area contributed by atoms with E-state index in [1.54, 1.807) is 24.3 Å². The molecule has 4 aromatic rings. The Hall–Kier alpha value is -3.87. The van der Waals surface area contributed by atoms with Gasteiger partial charge in [0.05, 0.1) is 11.1 Å². The lowest BCUT2D eigenvalue weighted by Gasteiger charge is -2.07. The predicted octanol–water partition coefficient (Wildman–Crippen LogP) is 4.93. The average Bonchev–Trinajstić information content (AvgIpc) is 3.20. The number of amides is 1. The fraction of sp³-hybridized carbons (Fsp3) is 0. The van der Waals surface area contributed by atoms with Crippen LogP contribution >= 0.6 is 0 Å². The summed E-state index contributed by atoms with van der Waals surface area (Å²) in [5.41, 5.74) is 1.81. The monoisotopic (exact) mass is 377 g/mol. The first kappa shape index (κ1) is 17.5. The van der Waals surface area contributed by atoms with Gasteiger partial charge in [-0.05, 0) is 60.7 Å². The predicted molar refractivity (Wildman–Crippen MR) is 99.5 cm³/mol. The Labute approximate surface area is 158 Å². The largest absolute Gasteiger partial charge is 0.334 e. The lowest BCUT2D eigenvalue weighted by molar-refractivity contribution is 0.102. The van der Waals surface area contributed by atoms with Gasteiger partial charge in [-0.2, -0.15) is 4.98 Å². The quantitative estimate of drug-likeness (QED) is 0.547. The van der Waals surface area contributed by atoms with Crippen molar-refractivity contribution in [2.75, 3.05) is 5.32 Å². The third-order valence-corrected chi connectivity index (χ3v) is 4.03. The lowest BCUT2D eigenvalue weighted by Crippen LogP contribution is -2.13. The second-order valence-electron chi connectivity index (χ2n) is 5.94. The van der Waals surface area contributed by atoms with Crippen LogP contribution in [0.25, 0.3) is 22.8 Å². The summed E-state index contributed by atoms with van der Waals surface area (Å²) in [6.07, 6.45) is 0. The second-order valence-corrected chi connectivity index (χ2v) is 5.94. The van der Waals surface area contributed by atoms with Crippen LogP contribution < -0.4 is 5.32 Å². The molecule has 1 aromatic heterocycles. The summed E-state index contributed by atoms with van der Waals surface area (Å²) in [5, 5.41) is 6.61. The highest BCUT2D eigenvalue weighted by atomic mass is 19.1. The number of hydrogen-bond donors (Lipinski definition) is 1.